The maximum Gasteiger partial charge on any atom is 0.123 e. The maximum atomic E-state index is 13.3. The topological polar surface area (TPSA) is 44.4 Å². The third-order valence-corrected chi connectivity index (χ3v) is 4.87. The quantitative estimate of drug-likeness (QED) is 0.765. The van der Waals surface area contributed by atoms with Crippen LogP contribution < -0.4 is 4.74 Å². The molecule has 0 saturated carbocycles. The Bertz CT molecular complexity index is 886. The first-order valence-electron chi connectivity index (χ1n) is 8.91. The normalized spacial score (nSPS) is 16.2. The molecule has 0 aliphatic carbocycles. The van der Waals surface area contributed by atoms with Crippen molar-refractivity contribution in [1.29, 1.82) is 0 Å². The highest BCUT2D eigenvalue weighted by Crippen LogP contribution is 2.19. The molecule has 0 amide bonds. The molecule has 1 N–H and O–H groups in total. The Kier molecular flexibility index (Phi) is 4.86. The van der Waals surface area contributed by atoms with Crippen LogP contribution in [-0.2, 0) is 13.1 Å². The second kappa shape index (κ2) is 7.43. The molecule has 136 valence electrons. The van der Waals surface area contributed by atoms with Crippen molar-refractivity contribution in [2.45, 2.75) is 13.1 Å². The van der Waals surface area contributed by atoms with Crippen LogP contribution in [0.15, 0.2) is 42.5 Å². The Morgan fingerprint density at radius 1 is 1.04 bits per heavy atom. The fourth-order valence-electron chi connectivity index (χ4n) is 3.45. The Morgan fingerprint density at radius 2 is 1.81 bits per heavy atom. The standard InChI is InChI=1S/C20H23FN4O/c1-26-17-5-6-18-19(12-17)23-20(22-18)14-25-9-7-24(8-10-25)13-15-3-2-4-16(21)11-15/h2-6,11-12H,7-10,13-14H2,1H3,(H,22,23). The van der Waals surface area contributed by atoms with Gasteiger partial charge in [-0.3, -0.25) is 9.80 Å². The molecule has 1 fully saturated rings. The van der Waals surface area contributed by atoms with Gasteiger partial charge in [-0.2, -0.15) is 0 Å². The van der Waals surface area contributed by atoms with Crippen LogP contribution >= 0.6 is 0 Å². The minimum Gasteiger partial charge on any atom is -0.497 e. The molecule has 5 nitrogen and oxygen atoms in total. The van der Waals surface area contributed by atoms with Crippen LogP contribution in [0.25, 0.3) is 11.0 Å². The summed E-state index contributed by atoms with van der Waals surface area (Å²) in [4.78, 5) is 12.8. The number of piperazine rings is 1. The molecule has 26 heavy (non-hydrogen) atoms. The number of ether oxygens (including phenoxy) is 1. The summed E-state index contributed by atoms with van der Waals surface area (Å²) >= 11 is 0. The average molecular weight is 354 g/mol. The second-order valence-electron chi connectivity index (χ2n) is 6.75. The summed E-state index contributed by atoms with van der Waals surface area (Å²) < 4.78 is 18.6. The number of hydrogen-bond acceptors (Lipinski definition) is 4. The third kappa shape index (κ3) is 3.86. The van der Waals surface area contributed by atoms with Gasteiger partial charge in [-0.05, 0) is 29.8 Å². The van der Waals surface area contributed by atoms with Crippen LogP contribution in [0, 0.1) is 5.82 Å². The maximum absolute atomic E-state index is 13.3. The zero-order valence-corrected chi connectivity index (χ0v) is 14.9. The van der Waals surface area contributed by atoms with Crippen molar-refractivity contribution in [3.8, 4) is 5.75 Å². The first kappa shape index (κ1) is 17.0. The first-order valence-corrected chi connectivity index (χ1v) is 8.91. The van der Waals surface area contributed by atoms with Crippen molar-refractivity contribution < 1.29 is 9.13 Å². The summed E-state index contributed by atoms with van der Waals surface area (Å²) in [6, 6.07) is 12.8. The fourth-order valence-corrected chi connectivity index (χ4v) is 3.45. The largest absolute Gasteiger partial charge is 0.497 e. The number of benzene rings is 2. The monoisotopic (exact) mass is 354 g/mol. The van der Waals surface area contributed by atoms with Gasteiger partial charge in [-0.1, -0.05) is 12.1 Å². The van der Waals surface area contributed by atoms with Crippen molar-refractivity contribution in [2.24, 2.45) is 0 Å². The summed E-state index contributed by atoms with van der Waals surface area (Å²) in [6.07, 6.45) is 0. The molecule has 0 spiro atoms. The van der Waals surface area contributed by atoms with Crippen LogP contribution in [0.3, 0.4) is 0 Å². The number of hydrogen-bond donors (Lipinski definition) is 1. The summed E-state index contributed by atoms with van der Waals surface area (Å²) in [7, 11) is 1.67. The molecule has 2 heterocycles. The number of aromatic nitrogens is 2. The predicted molar refractivity (Wildman–Crippen MR) is 99.6 cm³/mol. The van der Waals surface area contributed by atoms with E-state index in [9.17, 15) is 4.39 Å². The van der Waals surface area contributed by atoms with E-state index in [1.807, 2.05) is 24.3 Å². The number of nitrogens with one attached hydrogen (secondary N) is 1. The third-order valence-electron chi connectivity index (χ3n) is 4.87. The highest BCUT2D eigenvalue weighted by Gasteiger charge is 2.18. The molecular formula is C20H23FN4O. The molecule has 0 atom stereocenters. The minimum atomic E-state index is -0.164. The lowest BCUT2D eigenvalue weighted by molar-refractivity contribution is 0.120. The molecule has 6 heteroatoms. The van der Waals surface area contributed by atoms with Gasteiger partial charge in [-0.25, -0.2) is 9.37 Å². The molecule has 1 aromatic heterocycles. The van der Waals surface area contributed by atoms with Crippen LogP contribution in [0.2, 0.25) is 0 Å². The van der Waals surface area contributed by atoms with Gasteiger partial charge in [0.15, 0.2) is 0 Å². The molecule has 0 bridgehead atoms. The summed E-state index contributed by atoms with van der Waals surface area (Å²) in [5, 5.41) is 0. The van der Waals surface area contributed by atoms with Gasteiger partial charge in [0, 0.05) is 38.8 Å². The van der Waals surface area contributed by atoms with Crippen LogP contribution in [-0.4, -0.2) is 53.1 Å². The number of nitrogens with zero attached hydrogens (tertiary/aromatic N) is 3. The number of H-pyrrole nitrogens is 1. The van der Waals surface area contributed by atoms with E-state index < -0.39 is 0 Å². The Balaban J connectivity index is 1.33. The summed E-state index contributed by atoms with van der Waals surface area (Å²) in [5.41, 5.74) is 3.00. The zero-order valence-electron chi connectivity index (χ0n) is 14.9. The molecular weight excluding hydrogens is 331 g/mol. The van der Waals surface area contributed by atoms with Gasteiger partial charge in [-0.15, -0.1) is 0 Å². The second-order valence-corrected chi connectivity index (χ2v) is 6.75. The average Bonchev–Trinajstić information content (AvgIpc) is 3.04. The lowest BCUT2D eigenvalue weighted by atomic mass is 10.2. The van der Waals surface area contributed by atoms with E-state index in [4.69, 9.17) is 4.74 Å². The molecule has 1 aliphatic heterocycles. The van der Waals surface area contributed by atoms with E-state index in [2.05, 4.69) is 19.8 Å². The van der Waals surface area contributed by atoms with Crippen molar-refractivity contribution in [1.82, 2.24) is 19.8 Å². The van der Waals surface area contributed by atoms with Gasteiger partial charge >= 0.3 is 0 Å². The van der Waals surface area contributed by atoms with Gasteiger partial charge < -0.3 is 9.72 Å². The van der Waals surface area contributed by atoms with Gasteiger partial charge in [0.2, 0.25) is 0 Å². The van der Waals surface area contributed by atoms with Crippen LogP contribution in [0.5, 0.6) is 5.75 Å². The molecule has 3 aromatic rings. The smallest absolute Gasteiger partial charge is 0.123 e. The SMILES string of the molecule is COc1ccc2nc(CN3CCN(Cc4cccc(F)c4)CC3)[nH]c2c1. The highest BCUT2D eigenvalue weighted by molar-refractivity contribution is 5.76. The van der Waals surface area contributed by atoms with Crippen molar-refractivity contribution in [3.63, 3.8) is 0 Å². The number of aromatic amines is 1. The minimum absolute atomic E-state index is 0.164. The van der Waals surface area contributed by atoms with Gasteiger partial charge in [0.05, 0.1) is 24.7 Å². The van der Waals surface area contributed by atoms with Crippen LogP contribution in [0.4, 0.5) is 4.39 Å². The van der Waals surface area contributed by atoms with E-state index in [1.54, 1.807) is 19.2 Å². The Morgan fingerprint density at radius 3 is 2.54 bits per heavy atom. The van der Waals surface area contributed by atoms with Crippen molar-refractivity contribution >= 4 is 11.0 Å². The van der Waals surface area contributed by atoms with Crippen molar-refractivity contribution in [2.75, 3.05) is 33.3 Å². The summed E-state index contributed by atoms with van der Waals surface area (Å²) in [5.74, 6) is 1.65. The number of halogens is 1. The molecule has 0 radical (unpaired) electrons. The van der Waals surface area contributed by atoms with E-state index in [-0.39, 0.29) is 5.82 Å². The molecule has 1 saturated heterocycles. The Hall–Kier alpha value is -2.44. The number of rotatable bonds is 5. The van der Waals surface area contributed by atoms with E-state index >= 15 is 0 Å². The lowest BCUT2D eigenvalue weighted by Crippen LogP contribution is -2.45. The predicted octanol–water partition coefficient (Wildman–Crippen LogP) is 3.03. The lowest BCUT2D eigenvalue weighted by Gasteiger charge is -2.34. The van der Waals surface area contributed by atoms with Gasteiger partial charge in [0.25, 0.3) is 0 Å². The Labute approximate surface area is 152 Å². The van der Waals surface area contributed by atoms with Crippen LogP contribution in [0.1, 0.15) is 11.4 Å². The van der Waals surface area contributed by atoms with Gasteiger partial charge in [0.1, 0.15) is 17.4 Å². The first-order chi connectivity index (χ1) is 12.7. The fraction of sp³-hybridized carbons (Fsp3) is 0.350. The molecule has 0 unspecified atom stereocenters. The molecule has 4 rings (SSSR count). The summed E-state index contributed by atoms with van der Waals surface area (Å²) in [6.45, 7) is 5.53. The number of fused-ring (bicyclic) bond motifs is 1. The highest BCUT2D eigenvalue weighted by atomic mass is 19.1. The molecule has 2 aromatic carbocycles. The van der Waals surface area contributed by atoms with E-state index in [1.165, 1.54) is 6.07 Å². The van der Waals surface area contributed by atoms with E-state index in [0.717, 1.165) is 67.4 Å². The number of methoxy groups -OCH3 is 1. The zero-order chi connectivity index (χ0) is 17.9. The van der Waals surface area contributed by atoms with Crippen molar-refractivity contribution in [3.05, 3.63) is 59.7 Å². The molecule has 1 aliphatic rings. The van der Waals surface area contributed by atoms with E-state index in [0.29, 0.717) is 0 Å². The number of imidazole rings is 1.